The third kappa shape index (κ3) is 2.96. The van der Waals surface area contributed by atoms with E-state index in [4.69, 9.17) is 4.74 Å². The van der Waals surface area contributed by atoms with Gasteiger partial charge in [0.15, 0.2) is 5.78 Å². The number of allylic oxidation sites excluding steroid dienone is 2. The number of hydrogen-bond donors (Lipinski definition) is 1. The topological polar surface area (TPSA) is 63.6 Å². The average Bonchev–Trinajstić information content (AvgIpc) is 3.09. The quantitative estimate of drug-likeness (QED) is 0.631. The fourth-order valence-corrected chi connectivity index (χ4v) is 8.64. The van der Waals surface area contributed by atoms with Gasteiger partial charge in [-0.25, -0.2) is 4.79 Å². The molecule has 4 nitrogen and oxygen atoms in total. The molecule has 3 saturated carbocycles. The molecule has 5 rings (SSSR count). The number of ether oxygens (including phenoxy) is 1. The van der Waals surface area contributed by atoms with Crippen molar-refractivity contribution in [1.82, 2.24) is 0 Å². The first kappa shape index (κ1) is 21.4. The molecule has 5 aliphatic rings. The van der Waals surface area contributed by atoms with Crippen molar-refractivity contribution in [3.8, 4) is 0 Å². The van der Waals surface area contributed by atoms with Gasteiger partial charge in [-0.05, 0) is 99.9 Å². The van der Waals surface area contributed by atoms with Crippen LogP contribution in [-0.2, 0) is 14.3 Å². The molecule has 4 heteroatoms. The molecule has 0 aromatic heterocycles. The van der Waals surface area contributed by atoms with E-state index in [1.54, 1.807) is 0 Å². The van der Waals surface area contributed by atoms with E-state index in [9.17, 15) is 14.7 Å². The van der Waals surface area contributed by atoms with Crippen LogP contribution in [-0.4, -0.2) is 29.1 Å². The second-order valence-electron chi connectivity index (χ2n) is 11.7. The summed E-state index contributed by atoms with van der Waals surface area (Å²) in [5.74, 6) is 2.34. The molecule has 31 heavy (non-hydrogen) atoms. The molecular weight excluding hydrogens is 388 g/mol. The minimum atomic E-state index is -0.607. The Hall–Kier alpha value is -1.42. The van der Waals surface area contributed by atoms with Crippen LogP contribution in [0.25, 0.3) is 0 Å². The zero-order chi connectivity index (χ0) is 22.1. The molecule has 9 unspecified atom stereocenters. The maximum absolute atomic E-state index is 13.1. The molecule has 1 aliphatic heterocycles. The number of carbonyl (C=O) groups excluding carboxylic acids is 2. The summed E-state index contributed by atoms with van der Waals surface area (Å²) in [7, 11) is 0. The van der Waals surface area contributed by atoms with Crippen LogP contribution in [0, 0.1) is 40.4 Å². The first-order chi connectivity index (χ1) is 14.7. The lowest BCUT2D eigenvalue weighted by Crippen LogP contribution is -2.56. The number of hydrogen-bond acceptors (Lipinski definition) is 4. The summed E-state index contributed by atoms with van der Waals surface area (Å²) in [5, 5.41) is 11.4. The smallest absolute Gasteiger partial charge is 0.334 e. The molecule has 3 fully saturated rings. The van der Waals surface area contributed by atoms with Gasteiger partial charge in [0.1, 0.15) is 6.10 Å². The summed E-state index contributed by atoms with van der Waals surface area (Å²) in [5.41, 5.74) is 1.59. The van der Waals surface area contributed by atoms with Crippen molar-refractivity contribution in [2.45, 2.75) is 91.3 Å². The van der Waals surface area contributed by atoms with Gasteiger partial charge in [0.05, 0.1) is 6.10 Å². The van der Waals surface area contributed by atoms with Crippen LogP contribution < -0.4 is 0 Å². The van der Waals surface area contributed by atoms with E-state index >= 15 is 0 Å². The molecular formula is C27H38O4. The van der Waals surface area contributed by atoms with Crippen molar-refractivity contribution in [1.29, 1.82) is 0 Å². The number of aliphatic hydroxyl groups excluding tert-OH is 1. The molecule has 0 amide bonds. The molecule has 0 aromatic rings. The molecule has 1 N–H and O–H groups in total. The van der Waals surface area contributed by atoms with Gasteiger partial charge in [-0.1, -0.05) is 25.5 Å². The zero-order valence-electron chi connectivity index (χ0n) is 19.5. The highest BCUT2D eigenvalue weighted by atomic mass is 16.6. The number of aliphatic hydroxyl groups is 1. The number of rotatable bonds is 2. The van der Waals surface area contributed by atoms with E-state index in [-0.39, 0.29) is 22.7 Å². The number of carbonyl (C=O) groups is 2. The molecule has 9 atom stereocenters. The van der Waals surface area contributed by atoms with Gasteiger partial charge in [-0.15, -0.1) is 0 Å². The largest absolute Gasteiger partial charge is 0.456 e. The highest BCUT2D eigenvalue weighted by Crippen LogP contribution is 2.67. The van der Waals surface area contributed by atoms with Gasteiger partial charge in [0.2, 0.25) is 0 Å². The van der Waals surface area contributed by atoms with Crippen molar-refractivity contribution in [2.75, 3.05) is 0 Å². The van der Waals surface area contributed by atoms with Crippen molar-refractivity contribution >= 4 is 11.8 Å². The summed E-state index contributed by atoms with van der Waals surface area (Å²) in [6.45, 7) is 8.43. The maximum atomic E-state index is 13.1. The lowest BCUT2D eigenvalue weighted by atomic mass is 9.45. The van der Waals surface area contributed by atoms with Gasteiger partial charge in [-0.3, -0.25) is 4.79 Å². The number of ketones is 1. The lowest BCUT2D eigenvalue weighted by Gasteiger charge is -2.59. The number of esters is 1. The highest BCUT2D eigenvalue weighted by molar-refractivity contribution is 5.96. The number of cyclic esters (lactones) is 1. The maximum Gasteiger partial charge on any atom is 0.334 e. The summed E-state index contributed by atoms with van der Waals surface area (Å²) < 4.78 is 5.68. The third-order valence-corrected chi connectivity index (χ3v) is 10.7. The second-order valence-corrected chi connectivity index (χ2v) is 11.7. The SMILES string of the molecule is CC1=C(C)C(=O)OC(C(O)C2CCC3C4CCC5CC=CC(=O)C5(C)C4CCC23C)C1. The first-order valence-electron chi connectivity index (χ1n) is 12.4. The van der Waals surface area contributed by atoms with Gasteiger partial charge in [0, 0.05) is 17.4 Å². The molecule has 0 spiro atoms. The predicted octanol–water partition coefficient (Wildman–Crippen LogP) is 5.00. The Morgan fingerprint density at radius 3 is 2.58 bits per heavy atom. The Morgan fingerprint density at radius 1 is 1.06 bits per heavy atom. The predicted molar refractivity (Wildman–Crippen MR) is 119 cm³/mol. The summed E-state index contributed by atoms with van der Waals surface area (Å²) in [6, 6.07) is 0. The van der Waals surface area contributed by atoms with Crippen LogP contribution in [0.1, 0.15) is 79.1 Å². The van der Waals surface area contributed by atoms with Gasteiger partial charge < -0.3 is 9.84 Å². The van der Waals surface area contributed by atoms with Crippen molar-refractivity contribution < 1.29 is 19.4 Å². The van der Waals surface area contributed by atoms with Crippen LogP contribution in [0.5, 0.6) is 0 Å². The van der Waals surface area contributed by atoms with E-state index in [1.807, 2.05) is 19.9 Å². The minimum absolute atomic E-state index is 0.0633. The summed E-state index contributed by atoms with van der Waals surface area (Å²) in [6.07, 6.45) is 11.2. The van der Waals surface area contributed by atoms with Crippen LogP contribution in [0.3, 0.4) is 0 Å². The lowest BCUT2D eigenvalue weighted by molar-refractivity contribution is -0.162. The van der Waals surface area contributed by atoms with Gasteiger partial charge >= 0.3 is 5.97 Å². The molecule has 4 aliphatic carbocycles. The molecule has 1 heterocycles. The fourth-order valence-electron chi connectivity index (χ4n) is 8.64. The average molecular weight is 427 g/mol. The van der Waals surface area contributed by atoms with E-state index in [0.717, 1.165) is 44.1 Å². The Bertz CT molecular complexity index is 855. The van der Waals surface area contributed by atoms with Crippen LogP contribution >= 0.6 is 0 Å². The van der Waals surface area contributed by atoms with Gasteiger partial charge in [-0.2, -0.15) is 0 Å². The summed E-state index contributed by atoms with van der Waals surface area (Å²) in [4.78, 5) is 25.3. The Balaban J connectivity index is 1.39. The third-order valence-electron chi connectivity index (χ3n) is 10.7. The molecule has 0 saturated heterocycles. The zero-order valence-corrected chi connectivity index (χ0v) is 19.5. The second kappa shape index (κ2) is 7.30. The van der Waals surface area contributed by atoms with Crippen LogP contribution in [0.2, 0.25) is 0 Å². The Labute approximate surface area is 186 Å². The monoisotopic (exact) mass is 426 g/mol. The van der Waals surface area contributed by atoms with E-state index < -0.39 is 12.2 Å². The summed E-state index contributed by atoms with van der Waals surface area (Å²) >= 11 is 0. The fraction of sp³-hybridized carbons (Fsp3) is 0.778. The highest BCUT2D eigenvalue weighted by Gasteiger charge is 2.62. The number of fused-ring (bicyclic) bond motifs is 5. The normalized spacial score (nSPS) is 48.0. The van der Waals surface area contributed by atoms with Crippen LogP contribution in [0.15, 0.2) is 23.3 Å². The Morgan fingerprint density at radius 2 is 1.84 bits per heavy atom. The first-order valence-corrected chi connectivity index (χ1v) is 12.4. The Kier molecular flexibility index (Phi) is 5.04. The molecule has 0 aromatic carbocycles. The van der Waals surface area contributed by atoms with E-state index in [0.29, 0.717) is 41.4 Å². The van der Waals surface area contributed by atoms with Crippen molar-refractivity contribution in [3.63, 3.8) is 0 Å². The standard InChI is InChI=1S/C27H38O4/c1-15-14-22(31-25(30)16(15)2)24(29)21-11-10-19-18-9-8-17-6-5-7-23(28)27(17,4)20(18)12-13-26(19,21)3/h5,7,17-22,24,29H,6,8-14H2,1-4H3. The van der Waals surface area contributed by atoms with Gasteiger partial charge in [0.25, 0.3) is 0 Å². The molecule has 0 radical (unpaired) electrons. The molecule has 170 valence electrons. The molecule has 0 bridgehead atoms. The van der Waals surface area contributed by atoms with Crippen molar-refractivity contribution in [2.24, 2.45) is 40.4 Å². The van der Waals surface area contributed by atoms with Crippen molar-refractivity contribution in [3.05, 3.63) is 23.3 Å². The van der Waals surface area contributed by atoms with E-state index in [2.05, 4.69) is 19.9 Å². The minimum Gasteiger partial charge on any atom is -0.456 e. The van der Waals surface area contributed by atoms with E-state index in [1.165, 1.54) is 6.42 Å². The van der Waals surface area contributed by atoms with Crippen LogP contribution in [0.4, 0.5) is 0 Å².